The molecule has 0 bridgehead atoms. The number of rotatable bonds is 8. The molecule has 0 spiro atoms. The van der Waals surface area contributed by atoms with Crippen LogP contribution in [0.3, 0.4) is 0 Å². The van der Waals surface area contributed by atoms with Gasteiger partial charge in [0.2, 0.25) is 5.82 Å². The number of hydrogen-bond donors (Lipinski definition) is 1. The number of ether oxygens (including phenoxy) is 2. The summed E-state index contributed by atoms with van der Waals surface area (Å²) in [5, 5.41) is 6.85. The lowest BCUT2D eigenvalue weighted by molar-refractivity contribution is -0.123. The van der Waals surface area contributed by atoms with Gasteiger partial charge < -0.3 is 19.3 Å². The first-order chi connectivity index (χ1) is 15.2. The molecular weight excluding hydrogens is 394 g/mol. The van der Waals surface area contributed by atoms with Crippen molar-refractivity contribution in [2.75, 3.05) is 13.7 Å². The quantitative estimate of drug-likeness (QED) is 0.466. The van der Waals surface area contributed by atoms with Gasteiger partial charge >= 0.3 is 0 Å². The number of methoxy groups -OCH3 is 1. The predicted octanol–water partition coefficient (Wildman–Crippen LogP) is 4.11. The van der Waals surface area contributed by atoms with Crippen LogP contribution in [-0.4, -0.2) is 29.8 Å². The van der Waals surface area contributed by atoms with E-state index in [9.17, 15) is 4.79 Å². The van der Waals surface area contributed by atoms with Crippen molar-refractivity contribution < 1.29 is 18.8 Å². The monoisotopic (exact) mass is 415 g/mol. The van der Waals surface area contributed by atoms with Crippen LogP contribution in [0, 0.1) is 0 Å². The van der Waals surface area contributed by atoms with Gasteiger partial charge in [-0.1, -0.05) is 53.7 Å². The fourth-order valence-corrected chi connectivity index (χ4v) is 2.98. The largest absolute Gasteiger partial charge is 0.496 e. The van der Waals surface area contributed by atoms with Crippen molar-refractivity contribution in [1.29, 1.82) is 0 Å². The summed E-state index contributed by atoms with van der Waals surface area (Å²) in [6, 6.07) is 24.3. The van der Waals surface area contributed by atoms with Gasteiger partial charge in [0.1, 0.15) is 11.5 Å². The fraction of sp³-hybridized carbons (Fsp3) is 0.125. The molecule has 0 aliphatic heterocycles. The normalized spacial score (nSPS) is 10.5. The third-order valence-corrected chi connectivity index (χ3v) is 4.60. The van der Waals surface area contributed by atoms with E-state index in [-0.39, 0.29) is 12.5 Å². The first kappa shape index (κ1) is 20.2. The summed E-state index contributed by atoms with van der Waals surface area (Å²) in [5.41, 5.74) is 2.55. The first-order valence-corrected chi connectivity index (χ1v) is 9.74. The number of nitrogens with one attached hydrogen (secondary N) is 1. The molecule has 4 rings (SSSR count). The predicted molar refractivity (Wildman–Crippen MR) is 116 cm³/mol. The molecule has 1 aromatic heterocycles. The minimum Gasteiger partial charge on any atom is -0.496 e. The van der Waals surface area contributed by atoms with E-state index in [4.69, 9.17) is 14.0 Å². The van der Waals surface area contributed by atoms with E-state index in [1.54, 1.807) is 19.2 Å². The van der Waals surface area contributed by atoms with Crippen LogP contribution < -0.4 is 14.8 Å². The van der Waals surface area contributed by atoms with Crippen molar-refractivity contribution in [2.45, 2.75) is 6.54 Å². The number of benzene rings is 3. The van der Waals surface area contributed by atoms with Crippen LogP contribution in [0.5, 0.6) is 11.5 Å². The highest BCUT2D eigenvalue weighted by atomic mass is 16.5. The van der Waals surface area contributed by atoms with E-state index in [0.29, 0.717) is 24.0 Å². The van der Waals surface area contributed by atoms with Crippen molar-refractivity contribution in [3.63, 3.8) is 0 Å². The number of carbonyl (C=O) groups excluding carboxylic acids is 1. The van der Waals surface area contributed by atoms with E-state index < -0.39 is 0 Å². The summed E-state index contributed by atoms with van der Waals surface area (Å²) >= 11 is 0. The highest BCUT2D eigenvalue weighted by Crippen LogP contribution is 2.24. The molecule has 3 aromatic carbocycles. The molecule has 1 N–H and O–H groups in total. The molecule has 1 heterocycles. The molecule has 0 atom stereocenters. The Morgan fingerprint density at radius 1 is 0.935 bits per heavy atom. The van der Waals surface area contributed by atoms with E-state index >= 15 is 0 Å². The van der Waals surface area contributed by atoms with Crippen molar-refractivity contribution in [2.24, 2.45) is 0 Å². The Morgan fingerprint density at radius 2 is 1.68 bits per heavy atom. The Labute approximate surface area is 179 Å². The van der Waals surface area contributed by atoms with Crippen LogP contribution in [0.1, 0.15) is 5.56 Å². The highest BCUT2D eigenvalue weighted by molar-refractivity contribution is 5.77. The minimum atomic E-state index is -0.223. The lowest BCUT2D eigenvalue weighted by Gasteiger charge is -2.10. The molecule has 4 aromatic rings. The number of amides is 1. The molecule has 1 amide bonds. The summed E-state index contributed by atoms with van der Waals surface area (Å²) in [6.45, 7) is 0.277. The summed E-state index contributed by atoms with van der Waals surface area (Å²) in [4.78, 5) is 16.5. The topological polar surface area (TPSA) is 86.5 Å². The third kappa shape index (κ3) is 5.08. The Balaban J connectivity index is 1.31. The zero-order valence-electron chi connectivity index (χ0n) is 16.9. The molecule has 0 saturated heterocycles. The molecule has 0 unspecified atom stereocenters. The fourth-order valence-electron chi connectivity index (χ4n) is 2.98. The number of para-hydroxylation sites is 1. The Hall–Kier alpha value is -4.13. The van der Waals surface area contributed by atoms with Crippen molar-refractivity contribution >= 4 is 5.91 Å². The molecule has 31 heavy (non-hydrogen) atoms. The zero-order valence-corrected chi connectivity index (χ0v) is 16.9. The second-order valence-corrected chi connectivity index (χ2v) is 6.69. The molecule has 0 radical (unpaired) electrons. The van der Waals surface area contributed by atoms with Crippen LogP contribution >= 0.6 is 0 Å². The van der Waals surface area contributed by atoms with Crippen molar-refractivity contribution in [1.82, 2.24) is 15.5 Å². The standard InChI is InChI=1S/C24H21N3O4/c1-29-21-10-6-5-9-19(21)15-25-22(28)16-30-20-13-11-18(12-14-20)24-26-23(27-31-24)17-7-3-2-4-8-17/h2-14H,15-16H2,1H3,(H,25,28). The average molecular weight is 415 g/mol. The maximum absolute atomic E-state index is 12.1. The lowest BCUT2D eigenvalue weighted by atomic mass is 10.2. The van der Waals surface area contributed by atoms with E-state index in [1.807, 2.05) is 66.7 Å². The number of aromatic nitrogens is 2. The first-order valence-electron chi connectivity index (χ1n) is 9.74. The summed E-state index contributed by atoms with van der Waals surface area (Å²) < 4.78 is 16.2. The summed E-state index contributed by atoms with van der Waals surface area (Å²) in [5.74, 6) is 2.02. The van der Waals surface area contributed by atoms with Gasteiger partial charge in [0.25, 0.3) is 11.8 Å². The molecule has 0 aliphatic carbocycles. The molecular formula is C24H21N3O4. The minimum absolute atomic E-state index is 0.0901. The van der Waals surface area contributed by atoms with Crippen molar-refractivity contribution in [3.05, 3.63) is 84.4 Å². The van der Waals surface area contributed by atoms with Gasteiger partial charge in [-0.25, -0.2) is 0 Å². The number of nitrogens with zero attached hydrogens (tertiary/aromatic N) is 2. The van der Waals surface area contributed by atoms with Crippen LogP contribution in [0.4, 0.5) is 0 Å². The number of carbonyl (C=O) groups is 1. The van der Waals surface area contributed by atoms with Gasteiger partial charge in [-0.05, 0) is 30.3 Å². The average Bonchev–Trinajstić information content (AvgIpc) is 3.33. The second-order valence-electron chi connectivity index (χ2n) is 6.69. The third-order valence-electron chi connectivity index (χ3n) is 4.60. The van der Waals surface area contributed by atoms with Gasteiger partial charge in [-0.15, -0.1) is 0 Å². The SMILES string of the molecule is COc1ccccc1CNC(=O)COc1ccc(-c2nc(-c3ccccc3)no2)cc1. The molecule has 156 valence electrons. The van der Waals surface area contributed by atoms with Crippen LogP contribution in [-0.2, 0) is 11.3 Å². The van der Waals surface area contributed by atoms with Crippen LogP contribution in [0.15, 0.2) is 83.4 Å². The Bertz CT molecular complexity index is 1140. The zero-order chi connectivity index (χ0) is 21.5. The molecule has 0 aliphatic rings. The van der Waals surface area contributed by atoms with Gasteiger partial charge in [0.15, 0.2) is 6.61 Å². The van der Waals surface area contributed by atoms with E-state index in [0.717, 1.165) is 22.4 Å². The molecule has 0 saturated carbocycles. The molecule has 0 fully saturated rings. The summed E-state index contributed by atoms with van der Waals surface area (Å²) in [7, 11) is 1.60. The Kier molecular flexibility index (Phi) is 6.23. The Morgan fingerprint density at radius 3 is 2.45 bits per heavy atom. The van der Waals surface area contributed by atoms with Crippen LogP contribution in [0.25, 0.3) is 22.8 Å². The second kappa shape index (κ2) is 9.58. The lowest BCUT2D eigenvalue weighted by Crippen LogP contribution is -2.28. The van der Waals surface area contributed by atoms with Gasteiger partial charge in [0.05, 0.1) is 7.11 Å². The number of hydrogen-bond acceptors (Lipinski definition) is 6. The van der Waals surface area contributed by atoms with Crippen molar-refractivity contribution in [3.8, 4) is 34.3 Å². The molecule has 7 heteroatoms. The maximum Gasteiger partial charge on any atom is 0.258 e. The maximum atomic E-state index is 12.1. The van der Waals surface area contributed by atoms with E-state index in [1.165, 1.54) is 0 Å². The van der Waals surface area contributed by atoms with Gasteiger partial charge in [-0.2, -0.15) is 4.98 Å². The molecule has 7 nitrogen and oxygen atoms in total. The highest BCUT2D eigenvalue weighted by Gasteiger charge is 2.11. The van der Waals surface area contributed by atoms with E-state index in [2.05, 4.69) is 15.5 Å². The van der Waals surface area contributed by atoms with Crippen LogP contribution in [0.2, 0.25) is 0 Å². The smallest absolute Gasteiger partial charge is 0.258 e. The summed E-state index contributed by atoms with van der Waals surface area (Å²) in [6.07, 6.45) is 0. The van der Waals surface area contributed by atoms with Gasteiger partial charge in [0, 0.05) is 23.2 Å². The van der Waals surface area contributed by atoms with Gasteiger partial charge in [-0.3, -0.25) is 4.79 Å².